The molecule has 2 rings (SSSR count). The summed E-state index contributed by atoms with van der Waals surface area (Å²) in [5, 5.41) is 0.440. The SMILES string of the molecule is Nc1ccc(OS(=O)(=O)c2ccc(Cl)cc2)cc1N. The molecule has 7 heteroatoms. The minimum Gasteiger partial charge on any atom is -0.397 e. The summed E-state index contributed by atoms with van der Waals surface area (Å²) in [4.78, 5) is 0.00676. The van der Waals surface area contributed by atoms with Crippen LogP contribution in [0.15, 0.2) is 47.4 Å². The second kappa shape index (κ2) is 4.99. The molecule has 0 amide bonds. The topological polar surface area (TPSA) is 95.4 Å². The van der Waals surface area contributed by atoms with Crippen LogP contribution >= 0.6 is 11.6 Å². The molecule has 0 spiro atoms. The number of rotatable bonds is 3. The third-order valence-electron chi connectivity index (χ3n) is 2.37. The van der Waals surface area contributed by atoms with Crippen LogP contribution in [-0.4, -0.2) is 8.42 Å². The summed E-state index contributed by atoms with van der Waals surface area (Å²) >= 11 is 5.69. The average molecular weight is 299 g/mol. The predicted molar refractivity (Wildman–Crippen MR) is 74.5 cm³/mol. The molecule has 0 aliphatic carbocycles. The third kappa shape index (κ3) is 3.10. The van der Waals surface area contributed by atoms with Gasteiger partial charge in [0.2, 0.25) is 0 Å². The van der Waals surface area contributed by atoms with E-state index in [0.717, 1.165) is 0 Å². The van der Waals surface area contributed by atoms with Crippen molar-refractivity contribution in [2.24, 2.45) is 0 Å². The number of nitrogens with two attached hydrogens (primary N) is 2. The molecule has 0 radical (unpaired) electrons. The summed E-state index contributed by atoms with van der Waals surface area (Å²) in [6.07, 6.45) is 0. The van der Waals surface area contributed by atoms with E-state index in [1.54, 1.807) is 0 Å². The van der Waals surface area contributed by atoms with E-state index >= 15 is 0 Å². The highest BCUT2D eigenvalue weighted by Gasteiger charge is 2.16. The maximum absolute atomic E-state index is 12.0. The van der Waals surface area contributed by atoms with Gasteiger partial charge in [-0.25, -0.2) is 0 Å². The van der Waals surface area contributed by atoms with E-state index in [4.69, 9.17) is 27.3 Å². The Morgan fingerprint density at radius 2 is 1.58 bits per heavy atom. The van der Waals surface area contributed by atoms with Crippen LogP contribution in [0.4, 0.5) is 11.4 Å². The van der Waals surface area contributed by atoms with Gasteiger partial charge in [0.05, 0.1) is 11.4 Å². The molecule has 0 saturated heterocycles. The Hall–Kier alpha value is -1.92. The lowest BCUT2D eigenvalue weighted by molar-refractivity contribution is 0.486. The average Bonchev–Trinajstić information content (AvgIpc) is 2.34. The Morgan fingerprint density at radius 1 is 0.947 bits per heavy atom. The highest BCUT2D eigenvalue weighted by atomic mass is 35.5. The number of anilines is 2. The van der Waals surface area contributed by atoms with Crippen molar-refractivity contribution in [3.63, 3.8) is 0 Å². The first-order valence-electron chi connectivity index (χ1n) is 5.23. The van der Waals surface area contributed by atoms with Gasteiger partial charge in [0, 0.05) is 11.1 Å². The van der Waals surface area contributed by atoms with E-state index in [-0.39, 0.29) is 16.3 Å². The van der Waals surface area contributed by atoms with Crippen LogP contribution in [0.5, 0.6) is 5.75 Å². The second-order valence-corrected chi connectivity index (χ2v) is 5.76. The van der Waals surface area contributed by atoms with Gasteiger partial charge >= 0.3 is 10.1 Å². The highest BCUT2D eigenvalue weighted by Crippen LogP contribution is 2.25. The van der Waals surface area contributed by atoms with E-state index in [1.807, 2.05) is 0 Å². The molecule has 19 heavy (non-hydrogen) atoms. The molecule has 0 aliphatic rings. The molecular weight excluding hydrogens is 288 g/mol. The van der Waals surface area contributed by atoms with Crippen LogP contribution in [0.1, 0.15) is 0 Å². The maximum Gasteiger partial charge on any atom is 0.339 e. The molecule has 0 saturated carbocycles. The van der Waals surface area contributed by atoms with Crippen LogP contribution in [0, 0.1) is 0 Å². The fourth-order valence-corrected chi connectivity index (χ4v) is 2.43. The zero-order valence-electron chi connectivity index (χ0n) is 9.71. The van der Waals surface area contributed by atoms with Crippen molar-refractivity contribution < 1.29 is 12.6 Å². The quantitative estimate of drug-likeness (QED) is 0.669. The highest BCUT2D eigenvalue weighted by molar-refractivity contribution is 7.87. The minimum atomic E-state index is -3.91. The smallest absolute Gasteiger partial charge is 0.339 e. The van der Waals surface area contributed by atoms with Crippen LogP contribution < -0.4 is 15.7 Å². The van der Waals surface area contributed by atoms with Gasteiger partial charge in [0.1, 0.15) is 10.6 Å². The van der Waals surface area contributed by atoms with Crippen LogP contribution in [0.3, 0.4) is 0 Å². The van der Waals surface area contributed by atoms with E-state index in [9.17, 15) is 8.42 Å². The number of benzene rings is 2. The summed E-state index contributed by atoms with van der Waals surface area (Å²) < 4.78 is 28.9. The van der Waals surface area contributed by atoms with Gasteiger partial charge in [-0.05, 0) is 36.4 Å². The molecule has 2 aromatic carbocycles. The van der Waals surface area contributed by atoms with Crippen molar-refractivity contribution in [1.82, 2.24) is 0 Å². The van der Waals surface area contributed by atoms with Crippen molar-refractivity contribution in [3.8, 4) is 5.75 Å². The number of hydrogen-bond acceptors (Lipinski definition) is 5. The monoisotopic (exact) mass is 298 g/mol. The predicted octanol–water partition coefficient (Wildman–Crippen LogP) is 2.27. The van der Waals surface area contributed by atoms with E-state index in [1.165, 1.54) is 42.5 Å². The first-order valence-corrected chi connectivity index (χ1v) is 7.02. The first-order chi connectivity index (χ1) is 8.88. The number of nitrogen functional groups attached to an aromatic ring is 2. The van der Waals surface area contributed by atoms with Gasteiger partial charge in [0.25, 0.3) is 0 Å². The molecule has 0 aromatic heterocycles. The zero-order chi connectivity index (χ0) is 14.0. The van der Waals surface area contributed by atoms with Gasteiger partial charge in [-0.15, -0.1) is 0 Å². The first kappa shape index (κ1) is 13.5. The lowest BCUT2D eigenvalue weighted by atomic mass is 10.3. The van der Waals surface area contributed by atoms with Crippen LogP contribution in [0.25, 0.3) is 0 Å². The number of hydrogen-bond donors (Lipinski definition) is 2. The van der Waals surface area contributed by atoms with E-state index in [2.05, 4.69) is 0 Å². The molecule has 2 aromatic rings. The zero-order valence-corrected chi connectivity index (χ0v) is 11.3. The second-order valence-electron chi connectivity index (χ2n) is 3.78. The summed E-state index contributed by atoms with van der Waals surface area (Å²) in [5.41, 5.74) is 11.7. The molecule has 5 nitrogen and oxygen atoms in total. The van der Waals surface area contributed by atoms with Crippen molar-refractivity contribution >= 4 is 33.1 Å². The molecule has 4 N–H and O–H groups in total. The molecular formula is C12H11ClN2O3S. The fourth-order valence-electron chi connectivity index (χ4n) is 1.38. The molecule has 0 heterocycles. The minimum absolute atomic E-state index is 0.00676. The number of halogens is 1. The van der Waals surface area contributed by atoms with Gasteiger partial charge in [-0.1, -0.05) is 11.6 Å². The van der Waals surface area contributed by atoms with Crippen molar-refractivity contribution in [2.75, 3.05) is 11.5 Å². The van der Waals surface area contributed by atoms with Crippen LogP contribution in [-0.2, 0) is 10.1 Å². The fraction of sp³-hybridized carbons (Fsp3) is 0. The third-order valence-corrected chi connectivity index (χ3v) is 3.88. The summed E-state index contributed by atoms with van der Waals surface area (Å²) in [5.74, 6) is 0.0988. The molecule has 0 bridgehead atoms. The standard InChI is InChI=1S/C12H11ClN2O3S/c13-8-1-4-10(5-2-8)19(16,17)18-9-3-6-11(14)12(15)7-9/h1-7H,14-15H2. The normalized spacial score (nSPS) is 11.2. The molecule has 0 atom stereocenters. The van der Waals surface area contributed by atoms with Gasteiger partial charge < -0.3 is 15.7 Å². The summed E-state index contributed by atoms with van der Waals surface area (Å²) in [6.45, 7) is 0. The van der Waals surface area contributed by atoms with E-state index < -0.39 is 10.1 Å². The summed E-state index contributed by atoms with van der Waals surface area (Å²) in [7, 11) is -3.91. The largest absolute Gasteiger partial charge is 0.397 e. The molecule has 100 valence electrons. The Bertz CT molecular complexity index is 699. The summed E-state index contributed by atoms with van der Waals surface area (Å²) in [6, 6.07) is 9.91. The van der Waals surface area contributed by atoms with Gasteiger partial charge in [0.15, 0.2) is 0 Å². The van der Waals surface area contributed by atoms with Gasteiger partial charge in [-0.3, -0.25) is 0 Å². The van der Waals surface area contributed by atoms with Crippen molar-refractivity contribution in [2.45, 2.75) is 4.90 Å². The molecule has 0 unspecified atom stereocenters. The van der Waals surface area contributed by atoms with E-state index in [0.29, 0.717) is 10.7 Å². The Labute approximate surface area is 115 Å². The Balaban J connectivity index is 2.30. The molecule has 0 aliphatic heterocycles. The van der Waals surface area contributed by atoms with Gasteiger partial charge in [-0.2, -0.15) is 8.42 Å². The Kier molecular flexibility index (Phi) is 3.55. The van der Waals surface area contributed by atoms with Crippen LogP contribution in [0.2, 0.25) is 5.02 Å². The lowest BCUT2D eigenvalue weighted by Gasteiger charge is -2.08. The molecule has 0 fully saturated rings. The lowest BCUT2D eigenvalue weighted by Crippen LogP contribution is -2.10. The van der Waals surface area contributed by atoms with Crippen molar-refractivity contribution in [1.29, 1.82) is 0 Å². The van der Waals surface area contributed by atoms with Crippen molar-refractivity contribution in [3.05, 3.63) is 47.5 Å². The Morgan fingerprint density at radius 3 is 2.16 bits per heavy atom. The maximum atomic E-state index is 12.0.